The van der Waals surface area contributed by atoms with Crippen LogP contribution in [0.15, 0.2) is 58.3 Å². The van der Waals surface area contributed by atoms with Gasteiger partial charge in [-0.05, 0) is 36.8 Å². The fourth-order valence-corrected chi connectivity index (χ4v) is 2.72. The van der Waals surface area contributed by atoms with Crippen LogP contribution in [0, 0.1) is 0 Å². The molecule has 0 aliphatic heterocycles. The molecular weight excluding hydrogens is 300 g/mol. The number of Topliss-reactive ketones (excluding diaryl/α,β-unsaturated/α-hetero) is 2. The van der Waals surface area contributed by atoms with Gasteiger partial charge in [-0.15, -0.1) is 23.5 Å². The van der Waals surface area contributed by atoms with Gasteiger partial charge in [-0.3, -0.25) is 9.59 Å². The molecule has 4 heteroatoms. The highest BCUT2D eigenvalue weighted by atomic mass is 32.2. The van der Waals surface area contributed by atoms with Crippen LogP contribution in [0.1, 0.15) is 27.1 Å². The van der Waals surface area contributed by atoms with Gasteiger partial charge in [0.25, 0.3) is 0 Å². The molecule has 2 nitrogen and oxygen atoms in total. The number of rotatable bonds is 6. The predicted octanol–water partition coefficient (Wildman–Crippen LogP) is 4.59. The molecule has 0 fully saturated rings. The first-order valence-corrected chi connectivity index (χ1v) is 8.93. The highest BCUT2D eigenvalue weighted by Gasteiger charge is 2.13. The summed E-state index contributed by atoms with van der Waals surface area (Å²) in [6.45, 7) is 0. The Kier molecular flexibility index (Phi) is 5.65. The zero-order valence-corrected chi connectivity index (χ0v) is 13.6. The van der Waals surface area contributed by atoms with E-state index in [4.69, 9.17) is 0 Å². The Morgan fingerprint density at radius 1 is 0.714 bits per heavy atom. The smallest absolute Gasteiger partial charge is 0.170 e. The highest BCUT2D eigenvalue weighted by Crippen LogP contribution is 2.18. The molecule has 0 radical (unpaired) electrons. The number of hydrogen-bond acceptors (Lipinski definition) is 4. The van der Waals surface area contributed by atoms with Crippen LogP contribution in [0.4, 0.5) is 0 Å². The molecule has 0 aliphatic rings. The minimum Gasteiger partial charge on any atom is -0.294 e. The van der Waals surface area contributed by atoms with Gasteiger partial charge in [-0.1, -0.05) is 24.3 Å². The Morgan fingerprint density at radius 2 is 1.05 bits per heavy atom. The maximum Gasteiger partial charge on any atom is 0.170 e. The Bertz CT molecular complexity index is 573. The molecule has 0 aromatic heterocycles. The minimum absolute atomic E-state index is 0.0861. The van der Waals surface area contributed by atoms with Crippen molar-refractivity contribution in [2.24, 2.45) is 0 Å². The van der Waals surface area contributed by atoms with Gasteiger partial charge in [0.05, 0.1) is 6.42 Å². The molecule has 2 aromatic carbocycles. The van der Waals surface area contributed by atoms with Crippen LogP contribution >= 0.6 is 23.5 Å². The molecule has 0 bridgehead atoms. The number of hydrogen-bond donors (Lipinski definition) is 0. The number of ketones is 2. The van der Waals surface area contributed by atoms with E-state index >= 15 is 0 Å². The molecule has 0 unspecified atom stereocenters. The van der Waals surface area contributed by atoms with Crippen molar-refractivity contribution in [3.05, 3.63) is 59.7 Å². The van der Waals surface area contributed by atoms with Crippen LogP contribution in [-0.2, 0) is 0 Å². The minimum atomic E-state index is -0.137. The number of thioether (sulfide) groups is 2. The van der Waals surface area contributed by atoms with E-state index < -0.39 is 0 Å². The maximum absolute atomic E-state index is 12.1. The average molecular weight is 316 g/mol. The summed E-state index contributed by atoms with van der Waals surface area (Å²) in [5.41, 5.74) is 1.17. The normalized spacial score (nSPS) is 10.4. The van der Waals surface area contributed by atoms with Gasteiger partial charge in [0.2, 0.25) is 0 Å². The van der Waals surface area contributed by atoms with E-state index in [1.165, 1.54) is 0 Å². The number of carbonyl (C=O) groups excluding carboxylic acids is 2. The van der Waals surface area contributed by atoms with Gasteiger partial charge in [-0.2, -0.15) is 0 Å². The van der Waals surface area contributed by atoms with Crippen LogP contribution in [0.3, 0.4) is 0 Å². The second kappa shape index (κ2) is 7.48. The molecule has 0 atom stereocenters. The zero-order chi connectivity index (χ0) is 15.2. The first kappa shape index (κ1) is 15.9. The second-order valence-corrected chi connectivity index (χ2v) is 6.24. The van der Waals surface area contributed by atoms with Crippen molar-refractivity contribution in [1.82, 2.24) is 0 Å². The molecule has 0 N–H and O–H groups in total. The molecular formula is C17H16O2S2. The van der Waals surface area contributed by atoms with E-state index in [1.807, 2.05) is 36.8 Å². The topological polar surface area (TPSA) is 34.1 Å². The van der Waals surface area contributed by atoms with Crippen molar-refractivity contribution in [2.45, 2.75) is 16.2 Å². The standard InChI is InChI=1S/C17H16O2S2/c1-20-14-7-3-12(4-8-14)16(18)11-17(19)13-5-9-15(21-2)10-6-13/h3-10H,11H2,1-2H3. The van der Waals surface area contributed by atoms with Gasteiger partial charge in [0.15, 0.2) is 11.6 Å². The molecule has 0 saturated heterocycles. The van der Waals surface area contributed by atoms with Crippen LogP contribution in [-0.4, -0.2) is 24.1 Å². The lowest BCUT2D eigenvalue weighted by Crippen LogP contribution is -2.08. The summed E-state index contributed by atoms with van der Waals surface area (Å²) in [4.78, 5) is 26.4. The summed E-state index contributed by atoms with van der Waals surface area (Å²) in [6.07, 6.45) is 3.88. The Morgan fingerprint density at radius 3 is 1.33 bits per heavy atom. The molecule has 0 aliphatic carbocycles. The van der Waals surface area contributed by atoms with Gasteiger partial charge in [0.1, 0.15) is 0 Å². The lowest BCUT2D eigenvalue weighted by Gasteiger charge is -2.03. The predicted molar refractivity (Wildman–Crippen MR) is 89.7 cm³/mol. The van der Waals surface area contributed by atoms with Crippen LogP contribution in [0.25, 0.3) is 0 Å². The fraction of sp³-hybridized carbons (Fsp3) is 0.176. The quantitative estimate of drug-likeness (QED) is 0.443. The summed E-state index contributed by atoms with van der Waals surface area (Å²) in [5.74, 6) is -0.275. The van der Waals surface area contributed by atoms with Crippen LogP contribution in [0.5, 0.6) is 0 Å². The molecule has 21 heavy (non-hydrogen) atoms. The van der Waals surface area contributed by atoms with Crippen LogP contribution < -0.4 is 0 Å². The summed E-state index contributed by atoms with van der Waals surface area (Å²) in [7, 11) is 0. The van der Waals surface area contributed by atoms with Crippen molar-refractivity contribution in [1.29, 1.82) is 0 Å². The maximum atomic E-state index is 12.1. The summed E-state index contributed by atoms with van der Waals surface area (Å²) < 4.78 is 0. The second-order valence-electron chi connectivity index (χ2n) is 4.48. The Labute approximate surface area is 133 Å². The van der Waals surface area contributed by atoms with Gasteiger partial charge in [0, 0.05) is 20.9 Å². The van der Waals surface area contributed by atoms with E-state index in [-0.39, 0.29) is 18.0 Å². The number of carbonyl (C=O) groups is 2. The third-order valence-electron chi connectivity index (χ3n) is 3.15. The van der Waals surface area contributed by atoms with Gasteiger partial charge in [-0.25, -0.2) is 0 Å². The first-order valence-electron chi connectivity index (χ1n) is 6.48. The zero-order valence-electron chi connectivity index (χ0n) is 12.0. The third-order valence-corrected chi connectivity index (χ3v) is 4.63. The van der Waals surface area contributed by atoms with E-state index in [9.17, 15) is 9.59 Å². The SMILES string of the molecule is CSc1ccc(C(=O)CC(=O)c2ccc(SC)cc2)cc1. The largest absolute Gasteiger partial charge is 0.294 e. The molecule has 0 heterocycles. The van der Waals surface area contributed by atoms with E-state index in [2.05, 4.69) is 0 Å². The van der Waals surface area contributed by atoms with Crippen molar-refractivity contribution >= 4 is 35.1 Å². The molecule has 0 amide bonds. The van der Waals surface area contributed by atoms with Gasteiger partial charge < -0.3 is 0 Å². The molecule has 2 rings (SSSR count). The lowest BCUT2D eigenvalue weighted by atomic mass is 10.0. The Balaban J connectivity index is 2.05. The summed E-state index contributed by atoms with van der Waals surface area (Å²) in [6, 6.07) is 14.7. The molecule has 0 saturated carbocycles. The number of benzene rings is 2. The van der Waals surface area contributed by atoms with E-state index in [0.29, 0.717) is 11.1 Å². The van der Waals surface area contributed by atoms with Crippen LogP contribution in [0.2, 0.25) is 0 Å². The average Bonchev–Trinajstić information content (AvgIpc) is 2.55. The molecule has 108 valence electrons. The third kappa shape index (κ3) is 4.22. The van der Waals surface area contributed by atoms with Crippen molar-refractivity contribution < 1.29 is 9.59 Å². The lowest BCUT2D eigenvalue weighted by molar-refractivity contribution is 0.0894. The Hall–Kier alpha value is -1.52. The first-order chi connectivity index (χ1) is 10.1. The highest BCUT2D eigenvalue weighted by molar-refractivity contribution is 7.98. The summed E-state index contributed by atoms with van der Waals surface area (Å²) >= 11 is 3.25. The molecule has 2 aromatic rings. The monoisotopic (exact) mass is 316 g/mol. The summed E-state index contributed by atoms with van der Waals surface area (Å²) in [5, 5.41) is 0. The van der Waals surface area contributed by atoms with Crippen molar-refractivity contribution in [3.8, 4) is 0 Å². The van der Waals surface area contributed by atoms with E-state index in [0.717, 1.165) is 9.79 Å². The fourth-order valence-electron chi connectivity index (χ4n) is 1.90. The molecule has 0 spiro atoms. The van der Waals surface area contributed by atoms with Crippen molar-refractivity contribution in [2.75, 3.05) is 12.5 Å². The van der Waals surface area contributed by atoms with Gasteiger partial charge >= 0.3 is 0 Å². The van der Waals surface area contributed by atoms with Crippen molar-refractivity contribution in [3.63, 3.8) is 0 Å². The van der Waals surface area contributed by atoms with E-state index in [1.54, 1.807) is 47.8 Å².